The summed E-state index contributed by atoms with van der Waals surface area (Å²) in [4.78, 5) is 16.0. The third kappa shape index (κ3) is 4.61. The zero-order chi connectivity index (χ0) is 12.7. The Kier molecular flexibility index (Phi) is 6.47. The number of nitrogens with two attached hydrogens (primary N) is 1. The van der Waals surface area contributed by atoms with Crippen LogP contribution in [0.15, 0.2) is 0 Å². The van der Waals surface area contributed by atoms with Crippen LogP contribution >= 0.6 is 0 Å². The van der Waals surface area contributed by atoms with E-state index >= 15 is 0 Å². The molecule has 1 heterocycles. The molecule has 0 saturated carbocycles. The van der Waals surface area contributed by atoms with Crippen LogP contribution in [0.3, 0.4) is 0 Å². The third-order valence-electron chi connectivity index (χ3n) is 3.28. The highest BCUT2D eigenvalue weighted by atomic mass is 16.5. The van der Waals surface area contributed by atoms with Gasteiger partial charge in [0.15, 0.2) is 0 Å². The Labute approximate surface area is 104 Å². The van der Waals surface area contributed by atoms with E-state index in [0.717, 1.165) is 39.1 Å². The summed E-state index contributed by atoms with van der Waals surface area (Å²) in [5, 5.41) is 0. The number of morpholine rings is 1. The summed E-state index contributed by atoms with van der Waals surface area (Å²) in [6, 6.07) is 0.385. The molecule has 1 saturated heterocycles. The summed E-state index contributed by atoms with van der Waals surface area (Å²) >= 11 is 0. The monoisotopic (exact) mass is 243 g/mol. The number of carbonyl (C=O) groups excluding carboxylic acids is 1. The molecule has 1 aliphatic rings. The van der Waals surface area contributed by atoms with Crippen molar-refractivity contribution in [3.05, 3.63) is 0 Å². The molecule has 0 aromatic rings. The van der Waals surface area contributed by atoms with Crippen LogP contribution in [-0.2, 0) is 9.53 Å². The molecule has 0 aliphatic carbocycles. The standard InChI is InChI=1S/C12H25N3O2/c1-3-11-10-17-8-7-15(11)9-12(16)14(2)6-4-5-13/h11H,3-10,13H2,1-2H3. The molecular weight excluding hydrogens is 218 g/mol. The minimum Gasteiger partial charge on any atom is -0.378 e. The lowest BCUT2D eigenvalue weighted by atomic mass is 10.2. The maximum atomic E-state index is 12.0. The van der Waals surface area contributed by atoms with E-state index in [0.29, 0.717) is 19.1 Å². The Morgan fingerprint density at radius 1 is 1.59 bits per heavy atom. The van der Waals surface area contributed by atoms with Crippen LogP contribution < -0.4 is 5.73 Å². The van der Waals surface area contributed by atoms with Crippen molar-refractivity contribution >= 4 is 5.91 Å². The molecule has 5 heteroatoms. The number of hydrogen-bond acceptors (Lipinski definition) is 4. The van der Waals surface area contributed by atoms with E-state index in [4.69, 9.17) is 10.5 Å². The Morgan fingerprint density at radius 2 is 2.35 bits per heavy atom. The van der Waals surface area contributed by atoms with E-state index in [9.17, 15) is 4.79 Å². The molecule has 0 aromatic heterocycles. The number of rotatable bonds is 6. The molecule has 2 N–H and O–H groups in total. The highest BCUT2D eigenvalue weighted by Crippen LogP contribution is 2.10. The zero-order valence-corrected chi connectivity index (χ0v) is 11.0. The molecule has 0 radical (unpaired) electrons. The first-order chi connectivity index (χ1) is 8.19. The third-order valence-corrected chi connectivity index (χ3v) is 3.28. The lowest BCUT2D eigenvalue weighted by molar-refractivity contribution is -0.133. The molecule has 1 fully saturated rings. The van der Waals surface area contributed by atoms with Gasteiger partial charge in [-0.1, -0.05) is 6.92 Å². The summed E-state index contributed by atoms with van der Waals surface area (Å²) in [6.07, 6.45) is 1.89. The molecule has 100 valence electrons. The number of ether oxygens (including phenoxy) is 1. The summed E-state index contributed by atoms with van der Waals surface area (Å²) < 4.78 is 5.43. The molecular formula is C12H25N3O2. The smallest absolute Gasteiger partial charge is 0.236 e. The number of carbonyl (C=O) groups is 1. The van der Waals surface area contributed by atoms with Crippen molar-refractivity contribution in [3.63, 3.8) is 0 Å². The van der Waals surface area contributed by atoms with Crippen LogP contribution in [0.25, 0.3) is 0 Å². The van der Waals surface area contributed by atoms with Crippen molar-refractivity contribution in [1.82, 2.24) is 9.80 Å². The molecule has 0 spiro atoms. The van der Waals surface area contributed by atoms with Crippen molar-refractivity contribution in [3.8, 4) is 0 Å². The van der Waals surface area contributed by atoms with E-state index < -0.39 is 0 Å². The van der Waals surface area contributed by atoms with Crippen LogP contribution in [0.1, 0.15) is 19.8 Å². The van der Waals surface area contributed by atoms with Gasteiger partial charge in [-0.05, 0) is 19.4 Å². The number of likely N-dealkylation sites (N-methyl/N-ethyl adjacent to an activating group) is 1. The van der Waals surface area contributed by atoms with Gasteiger partial charge < -0.3 is 15.4 Å². The maximum absolute atomic E-state index is 12.0. The average Bonchev–Trinajstić information content (AvgIpc) is 2.36. The van der Waals surface area contributed by atoms with Crippen LogP contribution in [0, 0.1) is 0 Å². The fourth-order valence-corrected chi connectivity index (χ4v) is 2.02. The van der Waals surface area contributed by atoms with Gasteiger partial charge in [0.05, 0.1) is 19.8 Å². The Bertz CT molecular complexity index is 236. The van der Waals surface area contributed by atoms with Gasteiger partial charge in [0.2, 0.25) is 5.91 Å². The molecule has 0 bridgehead atoms. The second kappa shape index (κ2) is 7.63. The first kappa shape index (κ1) is 14.4. The van der Waals surface area contributed by atoms with Gasteiger partial charge in [0, 0.05) is 26.2 Å². The lowest BCUT2D eigenvalue weighted by Crippen LogP contribution is -2.49. The van der Waals surface area contributed by atoms with Gasteiger partial charge in [0.1, 0.15) is 0 Å². The van der Waals surface area contributed by atoms with Crippen molar-refractivity contribution < 1.29 is 9.53 Å². The average molecular weight is 243 g/mol. The van der Waals surface area contributed by atoms with Crippen molar-refractivity contribution in [2.45, 2.75) is 25.8 Å². The molecule has 1 atom stereocenters. The Hall–Kier alpha value is -0.650. The van der Waals surface area contributed by atoms with Crippen LogP contribution in [0.5, 0.6) is 0 Å². The Balaban J connectivity index is 2.37. The maximum Gasteiger partial charge on any atom is 0.236 e. The van der Waals surface area contributed by atoms with Gasteiger partial charge >= 0.3 is 0 Å². The zero-order valence-electron chi connectivity index (χ0n) is 11.0. The van der Waals surface area contributed by atoms with E-state index in [1.54, 1.807) is 4.90 Å². The minimum atomic E-state index is 0.179. The van der Waals surface area contributed by atoms with E-state index in [1.807, 2.05) is 7.05 Å². The minimum absolute atomic E-state index is 0.179. The highest BCUT2D eigenvalue weighted by Gasteiger charge is 2.24. The van der Waals surface area contributed by atoms with Crippen LogP contribution in [-0.4, -0.2) is 68.2 Å². The second-order valence-electron chi connectivity index (χ2n) is 4.56. The summed E-state index contributed by atoms with van der Waals surface area (Å²) in [6.45, 7) is 6.35. The number of hydrogen-bond donors (Lipinski definition) is 1. The van der Waals surface area contributed by atoms with Crippen molar-refractivity contribution in [2.75, 3.05) is 46.4 Å². The van der Waals surface area contributed by atoms with Crippen LogP contribution in [0.2, 0.25) is 0 Å². The second-order valence-corrected chi connectivity index (χ2v) is 4.56. The molecule has 5 nitrogen and oxygen atoms in total. The first-order valence-corrected chi connectivity index (χ1v) is 6.44. The predicted octanol–water partition coefficient (Wildman–Crippen LogP) is -0.0956. The topological polar surface area (TPSA) is 58.8 Å². The SMILES string of the molecule is CCC1COCCN1CC(=O)N(C)CCCN. The molecule has 1 amide bonds. The fraction of sp³-hybridized carbons (Fsp3) is 0.917. The highest BCUT2D eigenvalue weighted by molar-refractivity contribution is 5.78. The number of nitrogens with zero attached hydrogens (tertiary/aromatic N) is 2. The predicted molar refractivity (Wildman–Crippen MR) is 67.8 cm³/mol. The first-order valence-electron chi connectivity index (χ1n) is 6.44. The summed E-state index contributed by atoms with van der Waals surface area (Å²) in [5.41, 5.74) is 5.44. The van der Waals surface area contributed by atoms with Gasteiger partial charge in [-0.3, -0.25) is 9.69 Å². The van der Waals surface area contributed by atoms with Gasteiger partial charge in [-0.15, -0.1) is 0 Å². The van der Waals surface area contributed by atoms with E-state index in [1.165, 1.54) is 0 Å². The molecule has 1 aliphatic heterocycles. The van der Waals surface area contributed by atoms with Crippen molar-refractivity contribution in [2.24, 2.45) is 5.73 Å². The van der Waals surface area contributed by atoms with E-state index in [-0.39, 0.29) is 5.91 Å². The van der Waals surface area contributed by atoms with E-state index in [2.05, 4.69) is 11.8 Å². The van der Waals surface area contributed by atoms with Gasteiger partial charge in [0.25, 0.3) is 0 Å². The largest absolute Gasteiger partial charge is 0.378 e. The fourth-order valence-electron chi connectivity index (χ4n) is 2.02. The Morgan fingerprint density at radius 3 is 3.00 bits per heavy atom. The summed E-state index contributed by atoms with van der Waals surface area (Å²) in [7, 11) is 1.85. The quantitative estimate of drug-likeness (QED) is 0.708. The van der Waals surface area contributed by atoms with Gasteiger partial charge in [-0.25, -0.2) is 0 Å². The van der Waals surface area contributed by atoms with Crippen molar-refractivity contribution in [1.29, 1.82) is 0 Å². The molecule has 0 aromatic carbocycles. The molecule has 1 unspecified atom stereocenters. The normalized spacial score (nSPS) is 21.5. The summed E-state index contributed by atoms with van der Waals surface area (Å²) in [5.74, 6) is 0.179. The number of amides is 1. The van der Waals surface area contributed by atoms with Crippen LogP contribution in [0.4, 0.5) is 0 Å². The van der Waals surface area contributed by atoms with Gasteiger partial charge in [-0.2, -0.15) is 0 Å². The molecule has 17 heavy (non-hydrogen) atoms. The molecule has 1 rings (SSSR count). The lowest BCUT2D eigenvalue weighted by Gasteiger charge is -2.35.